The van der Waals surface area contributed by atoms with Gasteiger partial charge in [-0.25, -0.2) is 9.37 Å². The molecule has 0 aliphatic carbocycles. The zero-order chi connectivity index (χ0) is 21.3. The van der Waals surface area contributed by atoms with Crippen molar-refractivity contribution in [1.82, 2.24) is 9.97 Å². The smallest absolute Gasteiger partial charge is 0.248 e. The normalized spacial score (nSPS) is 10.5. The number of carbonyl (C=O) groups excluding carboxylic acids is 2. The van der Waals surface area contributed by atoms with Crippen molar-refractivity contribution in [2.24, 2.45) is 5.73 Å². The fourth-order valence-electron chi connectivity index (χ4n) is 3.09. The Morgan fingerprint density at radius 1 is 0.933 bits per heavy atom. The van der Waals surface area contributed by atoms with E-state index in [2.05, 4.69) is 9.97 Å². The van der Waals surface area contributed by atoms with E-state index < -0.39 is 17.5 Å². The number of carbonyl (C=O) groups is 2. The van der Waals surface area contributed by atoms with Gasteiger partial charge >= 0.3 is 0 Å². The topological polar surface area (TPSA) is 110 Å². The Morgan fingerprint density at radius 2 is 1.73 bits per heavy atom. The summed E-state index contributed by atoms with van der Waals surface area (Å²) in [5.41, 5.74) is 7.92. The fourth-order valence-corrected chi connectivity index (χ4v) is 3.09. The molecule has 0 unspecified atom stereocenters. The predicted octanol–water partition coefficient (Wildman–Crippen LogP) is 3.64. The number of ketones is 1. The summed E-state index contributed by atoms with van der Waals surface area (Å²) in [5.74, 6) is -1.79. The van der Waals surface area contributed by atoms with Crippen LogP contribution in [0.15, 0.2) is 66.9 Å². The van der Waals surface area contributed by atoms with Gasteiger partial charge in [0.25, 0.3) is 0 Å². The van der Waals surface area contributed by atoms with Gasteiger partial charge in [0.05, 0.1) is 22.8 Å². The van der Waals surface area contributed by atoms with Gasteiger partial charge in [-0.3, -0.25) is 14.6 Å². The Balaban J connectivity index is 1.77. The quantitative estimate of drug-likeness (QED) is 0.530. The highest BCUT2D eigenvalue weighted by atomic mass is 19.1. The highest BCUT2D eigenvalue weighted by Crippen LogP contribution is 2.25. The fraction of sp³-hybridized carbons (Fsp3) is 0. The van der Waals surface area contributed by atoms with Crippen LogP contribution >= 0.6 is 0 Å². The molecule has 3 aromatic carbocycles. The summed E-state index contributed by atoms with van der Waals surface area (Å²) >= 11 is 0. The van der Waals surface area contributed by atoms with E-state index in [-0.39, 0.29) is 16.8 Å². The van der Waals surface area contributed by atoms with Crippen LogP contribution in [0.1, 0.15) is 32.0 Å². The minimum absolute atomic E-state index is 0.120. The molecular formula is C23H13FN4O2. The van der Waals surface area contributed by atoms with Crippen molar-refractivity contribution in [2.75, 3.05) is 0 Å². The van der Waals surface area contributed by atoms with E-state index >= 15 is 0 Å². The van der Waals surface area contributed by atoms with Crippen molar-refractivity contribution in [3.63, 3.8) is 0 Å². The summed E-state index contributed by atoms with van der Waals surface area (Å²) in [6, 6.07) is 17.2. The number of amides is 1. The number of nitrogens with zero attached hydrogens (tertiary/aromatic N) is 3. The minimum Gasteiger partial charge on any atom is -0.366 e. The highest BCUT2D eigenvalue weighted by Gasteiger charge is 2.17. The summed E-state index contributed by atoms with van der Waals surface area (Å²) in [6.45, 7) is 0. The zero-order valence-electron chi connectivity index (χ0n) is 15.5. The number of aromatic nitrogens is 2. The van der Waals surface area contributed by atoms with Crippen LogP contribution < -0.4 is 5.73 Å². The van der Waals surface area contributed by atoms with E-state index in [1.807, 2.05) is 6.07 Å². The first-order chi connectivity index (χ1) is 14.5. The molecule has 7 heteroatoms. The van der Waals surface area contributed by atoms with Crippen LogP contribution in [0.25, 0.3) is 22.2 Å². The summed E-state index contributed by atoms with van der Waals surface area (Å²) in [4.78, 5) is 32.7. The SMILES string of the molecule is N#Cc1cnc2ccc(C(=O)c3cc(-c4cccc(C(N)=O)c4)ccc3F)cc2n1. The lowest BCUT2D eigenvalue weighted by Gasteiger charge is -2.08. The van der Waals surface area contributed by atoms with Crippen LogP contribution in [0, 0.1) is 17.1 Å². The van der Waals surface area contributed by atoms with Crippen LogP contribution in [0.4, 0.5) is 4.39 Å². The Hall–Kier alpha value is -4.44. The van der Waals surface area contributed by atoms with E-state index in [0.29, 0.717) is 27.7 Å². The Labute approximate surface area is 170 Å². The van der Waals surface area contributed by atoms with Gasteiger partial charge in [-0.05, 0) is 53.6 Å². The molecule has 6 nitrogen and oxygen atoms in total. The third-order valence-corrected chi connectivity index (χ3v) is 4.61. The molecule has 0 aliphatic rings. The molecule has 0 saturated heterocycles. The van der Waals surface area contributed by atoms with Crippen molar-refractivity contribution >= 4 is 22.7 Å². The van der Waals surface area contributed by atoms with E-state index in [1.54, 1.807) is 30.3 Å². The molecule has 144 valence electrons. The first-order valence-corrected chi connectivity index (χ1v) is 8.87. The number of nitrogens with two attached hydrogens (primary N) is 1. The molecule has 0 saturated carbocycles. The van der Waals surface area contributed by atoms with Gasteiger partial charge < -0.3 is 5.73 Å². The number of hydrogen-bond donors (Lipinski definition) is 1. The second-order valence-electron chi connectivity index (χ2n) is 6.54. The average molecular weight is 396 g/mol. The molecule has 0 bridgehead atoms. The van der Waals surface area contributed by atoms with Crippen molar-refractivity contribution in [1.29, 1.82) is 5.26 Å². The number of fused-ring (bicyclic) bond motifs is 1. The summed E-state index contributed by atoms with van der Waals surface area (Å²) in [5, 5.41) is 8.98. The second kappa shape index (κ2) is 7.53. The molecule has 1 aromatic heterocycles. The van der Waals surface area contributed by atoms with Gasteiger partial charge in [-0.2, -0.15) is 5.26 Å². The van der Waals surface area contributed by atoms with Gasteiger partial charge in [-0.1, -0.05) is 18.2 Å². The molecule has 4 aromatic rings. The number of hydrogen-bond acceptors (Lipinski definition) is 5. The summed E-state index contributed by atoms with van der Waals surface area (Å²) < 4.78 is 14.5. The molecule has 4 rings (SSSR count). The first kappa shape index (κ1) is 18.9. The number of halogens is 1. The lowest BCUT2D eigenvalue weighted by Crippen LogP contribution is -2.10. The molecule has 0 atom stereocenters. The lowest BCUT2D eigenvalue weighted by molar-refractivity contribution is 0.0998. The van der Waals surface area contributed by atoms with Gasteiger partial charge in [0.2, 0.25) is 5.91 Å². The number of nitriles is 1. The summed E-state index contributed by atoms with van der Waals surface area (Å²) in [6.07, 6.45) is 1.34. The van der Waals surface area contributed by atoms with Gasteiger partial charge in [-0.15, -0.1) is 0 Å². The largest absolute Gasteiger partial charge is 0.366 e. The Kier molecular flexibility index (Phi) is 4.74. The van der Waals surface area contributed by atoms with Crippen LogP contribution in [0.2, 0.25) is 0 Å². The molecule has 0 aliphatic heterocycles. The van der Waals surface area contributed by atoms with Crippen LogP contribution in [-0.2, 0) is 0 Å². The van der Waals surface area contributed by atoms with E-state index in [4.69, 9.17) is 11.0 Å². The van der Waals surface area contributed by atoms with Crippen molar-refractivity contribution in [3.8, 4) is 17.2 Å². The molecule has 0 fully saturated rings. The number of benzene rings is 3. The van der Waals surface area contributed by atoms with E-state index in [1.165, 1.54) is 36.5 Å². The van der Waals surface area contributed by atoms with E-state index in [0.717, 1.165) is 0 Å². The van der Waals surface area contributed by atoms with Crippen LogP contribution in [-0.4, -0.2) is 21.7 Å². The van der Waals surface area contributed by atoms with Crippen molar-refractivity contribution in [2.45, 2.75) is 0 Å². The third kappa shape index (κ3) is 3.50. The molecule has 0 spiro atoms. The first-order valence-electron chi connectivity index (χ1n) is 8.87. The van der Waals surface area contributed by atoms with Crippen molar-refractivity contribution in [3.05, 3.63) is 95.1 Å². The van der Waals surface area contributed by atoms with E-state index in [9.17, 15) is 14.0 Å². The van der Waals surface area contributed by atoms with Crippen LogP contribution in [0.5, 0.6) is 0 Å². The number of rotatable bonds is 4. The third-order valence-electron chi connectivity index (χ3n) is 4.61. The molecule has 2 N–H and O–H groups in total. The molecular weight excluding hydrogens is 383 g/mol. The standard InChI is InChI=1S/C23H13FN4O2/c24-19-6-4-14(13-2-1-3-16(8-13)23(26)30)9-18(19)22(29)15-5-7-20-21(10-15)28-17(11-25)12-27-20/h1-10,12H,(H2,26,30). The van der Waals surface area contributed by atoms with Gasteiger partial charge in [0.1, 0.15) is 11.9 Å². The predicted molar refractivity (Wildman–Crippen MR) is 108 cm³/mol. The zero-order valence-corrected chi connectivity index (χ0v) is 15.5. The second-order valence-corrected chi connectivity index (χ2v) is 6.54. The highest BCUT2D eigenvalue weighted by molar-refractivity contribution is 6.11. The van der Waals surface area contributed by atoms with Gasteiger partial charge in [0.15, 0.2) is 11.5 Å². The molecule has 0 radical (unpaired) electrons. The maximum absolute atomic E-state index is 14.5. The maximum Gasteiger partial charge on any atom is 0.248 e. The van der Waals surface area contributed by atoms with Gasteiger partial charge in [0, 0.05) is 11.1 Å². The maximum atomic E-state index is 14.5. The van der Waals surface area contributed by atoms with Crippen LogP contribution in [0.3, 0.4) is 0 Å². The minimum atomic E-state index is -0.674. The number of primary amides is 1. The Bertz CT molecular complexity index is 1380. The average Bonchev–Trinajstić information content (AvgIpc) is 2.78. The molecule has 1 amide bonds. The monoisotopic (exact) mass is 396 g/mol. The van der Waals surface area contributed by atoms with Crippen molar-refractivity contribution < 1.29 is 14.0 Å². The lowest BCUT2D eigenvalue weighted by atomic mass is 9.96. The summed E-state index contributed by atoms with van der Waals surface area (Å²) in [7, 11) is 0. The Morgan fingerprint density at radius 3 is 2.50 bits per heavy atom. The molecule has 1 heterocycles. The molecule has 30 heavy (non-hydrogen) atoms.